The highest BCUT2D eigenvalue weighted by atomic mass is 32.2. The molecule has 0 aromatic heterocycles. The first-order chi connectivity index (χ1) is 7.89. The van der Waals surface area contributed by atoms with Gasteiger partial charge < -0.3 is 0 Å². The summed E-state index contributed by atoms with van der Waals surface area (Å²) in [6.45, 7) is 0. The van der Waals surface area contributed by atoms with Crippen molar-refractivity contribution in [3.8, 4) is 0 Å². The highest BCUT2D eigenvalue weighted by Crippen LogP contribution is 2.49. The number of halogens is 1. The molecule has 0 amide bonds. The number of hydrogen-bond acceptors (Lipinski definition) is 4. The van der Waals surface area contributed by atoms with Crippen LogP contribution in [0.1, 0.15) is 18.4 Å². The van der Waals surface area contributed by atoms with Crippen molar-refractivity contribution in [1.29, 1.82) is 0 Å². The van der Waals surface area contributed by atoms with E-state index in [-0.39, 0.29) is 4.90 Å². The molecule has 0 atom stereocenters. The Balaban J connectivity index is 2.57. The smallest absolute Gasteiger partial charge is 0.224 e. The minimum absolute atomic E-state index is 0.359. The first-order valence-corrected chi connectivity index (χ1v) is 6.87. The molecule has 1 aliphatic carbocycles. The largest absolute Gasteiger partial charge is 0.235 e. The van der Waals surface area contributed by atoms with Crippen LogP contribution in [0.5, 0.6) is 0 Å². The van der Waals surface area contributed by atoms with Crippen LogP contribution >= 0.6 is 0 Å². The van der Waals surface area contributed by atoms with Crippen molar-refractivity contribution in [3.63, 3.8) is 0 Å². The summed E-state index contributed by atoms with van der Waals surface area (Å²) in [5, 5.41) is 0. The topological polar surface area (TPSA) is 63.6 Å². The second-order valence-corrected chi connectivity index (χ2v) is 6.14. The lowest BCUT2D eigenvalue weighted by Crippen LogP contribution is -2.07. The van der Waals surface area contributed by atoms with Crippen molar-refractivity contribution in [2.45, 2.75) is 23.3 Å². The fourth-order valence-electron chi connectivity index (χ4n) is 1.75. The molecule has 1 fully saturated rings. The van der Waals surface area contributed by atoms with Gasteiger partial charge in [-0.15, -0.1) is 0 Å². The van der Waals surface area contributed by atoms with E-state index in [2.05, 4.69) is 4.99 Å². The van der Waals surface area contributed by atoms with E-state index in [1.54, 1.807) is 0 Å². The number of aliphatic imine (C=N–C) groups is 1. The lowest BCUT2D eigenvalue weighted by Gasteiger charge is -2.10. The van der Waals surface area contributed by atoms with Crippen molar-refractivity contribution in [2.24, 2.45) is 4.99 Å². The van der Waals surface area contributed by atoms with Gasteiger partial charge in [0.05, 0.1) is 5.54 Å². The molecule has 17 heavy (non-hydrogen) atoms. The molecule has 0 saturated heterocycles. The van der Waals surface area contributed by atoms with Crippen LogP contribution in [0.25, 0.3) is 0 Å². The van der Waals surface area contributed by atoms with Crippen LogP contribution in [0.3, 0.4) is 0 Å². The number of sulfone groups is 1. The van der Waals surface area contributed by atoms with Gasteiger partial charge in [0.15, 0.2) is 9.84 Å². The Labute approximate surface area is 98.1 Å². The van der Waals surface area contributed by atoms with E-state index in [1.165, 1.54) is 18.2 Å². The van der Waals surface area contributed by atoms with E-state index in [9.17, 15) is 17.6 Å². The molecule has 2 rings (SSSR count). The Kier molecular flexibility index (Phi) is 2.64. The molecule has 90 valence electrons. The summed E-state index contributed by atoms with van der Waals surface area (Å²) in [5.74, 6) is -0.790. The molecule has 0 bridgehead atoms. The number of nitrogens with zero attached hydrogens (tertiary/aromatic N) is 1. The van der Waals surface area contributed by atoms with Crippen molar-refractivity contribution in [2.75, 3.05) is 6.26 Å². The highest BCUT2D eigenvalue weighted by molar-refractivity contribution is 7.90. The average molecular weight is 255 g/mol. The van der Waals surface area contributed by atoms with Gasteiger partial charge in [-0.2, -0.15) is 4.99 Å². The zero-order chi connectivity index (χ0) is 12.7. The summed E-state index contributed by atoms with van der Waals surface area (Å²) < 4.78 is 36.1. The molecule has 0 unspecified atom stereocenters. The van der Waals surface area contributed by atoms with E-state index in [1.807, 2.05) is 0 Å². The standard InChI is InChI=1S/C11H10FNO3S/c1-17(15,16)10-6-8(2-3-9(10)12)11(4-5-11)13-7-14/h2-3,6H,4-5H2,1H3. The molecule has 4 nitrogen and oxygen atoms in total. The second-order valence-electron chi connectivity index (χ2n) is 4.15. The summed E-state index contributed by atoms with van der Waals surface area (Å²) in [4.78, 5) is 13.6. The summed E-state index contributed by atoms with van der Waals surface area (Å²) in [6, 6.07) is 3.79. The van der Waals surface area contributed by atoms with Gasteiger partial charge >= 0.3 is 0 Å². The molecule has 1 saturated carbocycles. The van der Waals surface area contributed by atoms with Crippen molar-refractivity contribution in [1.82, 2.24) is 0 Å². The third-order valence-corrected chi connectivity index (χ3v) is 3.96. The van der Waals surface area contributed by atoms with Gasteiger partial charge in [0.25, 0.3) is 0 Å². The lowest BCUT2D eigenvalue weighted by molar-refractivity contribution is 0.555. The van der Waals surface area contributed by atoms with E-state index < -0.39 is 21.2 Å². The van der Waals surface area contributed by atoms with E-state index in [0.29, 0.717) is 18.4 Å². The van der Waals surface area contributed by atoms with Gasteiger partial charge in [-0.05, 0) is 30.5 Å². The number of isocyanates is 1. The van der Waals surface area contributed by atoms with Gasteiger partial charge in [-0.3, -0.25) is 0 Å². The van der Waals surface area contributed by atoms with Crippen molar-refractivity contribution >= 4 is 15.9 Å². The maximum Gasteiger partial charge on any atom is 0.235 e. The summed E-state index contributed by atoms with van der Waals surface area (Å²) in [7, 11) is -3.62. The minimum atomic E-state index is -3.62. The van der Waals surface area contributed by atoms with Gasteiger partial charge in [0.2, 0.25) is 6.08 Å². The molecule has 0 aliphatic heterocycles. The van der Waals surface area contributed by atoms with Crippen LogP contribution in [0, 0.1) is 5.82 Å². The zero-order valence-electron chi connectivity index (χ0n) is 9.10. The predicted molar refractivity (Wildman–Crippen MR) is 58.5 cm³/mol. The SMILES string of the molecule is CS(=O)(=O)c1cc(C2(N=C=O)CC2)ccc1F. The number of benzene rings is 1. The van der Waals surface area contributed by atoms with Gasteiger partial charge in [0, 0.05) is 6.26 Å². The van der Waals surface area contributed by atoms with Crippen molar-refractivity contribution < 1.29 is 17.6 Å². The molecule has 1 aromatic rings. The third-order valence-electron chi connectivity index (χ3n) is 2.85. The zero-order valence-corrected chi connectivity index (χ0v) is 9.92. The molecule has 0 N–H and O–H groups in total. The normalized spacial score (nSPS) is 17.3. The van der Waals surface area contributed by atoms with E-state index in [4.69, 9.17) is 0 Å². The van der Waals surface area contributed by atoms with E-state index >= 15 is 0 Å². The summed E-state index contributed by atoms with van der Waals surface area (Å²) in [5.41, 5.74) is -0.141. The van der Waals surface area contributed by atoms with Crippen LogP contribution in [0.2, 0.25) is 0 Å². The molecule has 1 aromatic carbocycles. The molecular weight excluding hydrogens is 245 g/mol. The fourth-order valence-corrected chi connectivity index (χ4v) is 2.51. The highest BCUT2D eigenvalue weighted by Gasteiger charge is 2.45. The monoisotopic (exact) mass is 255 g/mol. The van der Waals surface area contributed by atoms with Crippen LogP contribution in [-0.4, -0.2) is 20.8 Å². The Morgan fingerprint density at radius 3 is 2.53 bits per heavy atom. The van der Waals surface area contributed by atoms with Gasteiger partial charge in [-0.25, -0.2) is 17.6 Å². The van der Waals surface area contributed by atoms with Crippen LogP contribution in [0.15, 0.2) is 28.1 Å². The van der Waals surface area contributed by atoms with Gasteiger partial charge in [-0.1, -0.05) is 6.07 Å². The third kappa shape index (κ3) is 2.14. The van der Waals surface area contributed by atoms with Gasteiger partial charge in [0.1, 0.15) is 10.7 Å². The van der Waals surface area contributed by atoms with Crippen LogP contribution in [-0.2, 0) is 20.2 Å². The molecule has 6 heteroatoms. The second kappa shape index (κ2) is 3.75. The Bertz CT molecular complexity index is 614. The Hall–Kier alpha value is -1.52. The van der Waals surface area contributed by atoms with Crippen LogP contribution < -0.4 is 0 Å². The minimum Gasteiger partial charge on any atom is -0.224 e. The molecule has 0 spiro atoms. The van der Waals surface area contributed by atoms with Crippen LogP contribution in [0.4, 0.5) is 4.39 Å². The maximum absolute atomic E-state index is 13.4. The number of carbonyl (C=O) groups excluding carboxylic acids is 1. The number of hydrogen-bond donors (Lipinski definition) is 0. The maximum atomic E-state index is 13.4. The lowest BCUT2D eigenvalue weighted by atomic mass is 10.1. The molecule has 0 heterocycles. The first-order valence-electron chi connectivity index (χ1n) is 4.98. The quantitative estimate of drug-likeness (QED) is 0.608. The van der Waals surface area contributed by atoms with Crippen molar-refractivity contribution in [3.05, 3.63) is 29.6 Å². The number of rotatable bonds is 3. The van der Waals surface area contributed by atoms with E-state index in [0.717, 1.165) is 12.3 Å². The predicted octanol–water partition coefficient (Wildman–Crippen LogP) is 1.55. The fraction of sp³-hybridized carbons (Fsp3) is 0.364. The molecule has 0 radical (unpaired) electrons. The average Bonchev–Trinajstić information content (AvgIpc) is 2.98. The molecule has 1 aliphatic rings. The Morgan fingerprint density at radius 2 is 2.06 bits per heavy atom. The Morgan fingerprint density at radius 1 is 1.41 bits per heavy atom. The summed E-state index contributed by atoms with van der Waals surface area (Å²) in [6.07, 6.45) is 3.72. The molecular formula is C11H10FNO3S. The summed E-state index contributed by atoms with van der Waals surface area (Å²) >= 11 is 0. The first kappa shape index (κ1) is 12.0.